The summed E-state index contributed by atoms with van der Waals surface area (Å²) in [5, 5.41) is 0. The van der Waals surface area contributed by atoms with E-state index in [-0.39, 0.29) is 5.41 Å². The third kappa shape index (κ3) is 1.30. The second-order valence-corrected chi connectivity index (χ2v) is 5.19. The molecule has 14 heavy (non-hydrogen) atoms. The first-order valence-electron chi connectivity index (χ1n) is 5.55. The van der Waals surface area contributed by atoms with E-state index in [1.807, 2.05) is 0 Å². The quantitative estimate of drug-likeness (QED) is 0.675. The minimum Gasteiger partial charge on any atom is -0.336 e. The van der Waals surface area contributed by atoms with E-state index in [4.69, 9.17) is 9.47 Å². The van der Waals surface area contributed by atoms with E-state index in [1.165, 1.54) is 0 Å². The van der Waals surface area contributed by atoms with Gasteiger partial charge in [0.05, 0.1) is 13.2 Å². The number of hydrogen-bond donors (Lipinski definition) is 0. The first-order valence-corrected chi connectivity index (χ1v) is 5.55. The van der Waals surface area contributed by atoms with Crippen LogP contribution >= 0.6 is 0 Å². The van der Waals surface area contributed by atoms with Gasteiger partial charge in [-0.1, -0.05) is 27.7 Å². The lowest BCUT2D eigenvalue weighted by molar-refractivity contribution is -0.422. The molecule has 3 saturated heterocycles. The molecule has 3 heterocycles. The summed E-state index contributed by atoms with van der Waals surface area (Å²) in [5.74, 6) is -0.0562. The molecular formula is C11H21NO2. The second kappa shape index (κ2) is 3.19. The van der Waals surface area contributed by atoms with Gasteiger partial charge in [-0.3, -0.25) is 4.90 Å². The SMILES string of the molecule is CCN1CC2(C)COC1(C(C)C)OC2. The third-order valence-electron chi connectivity index (χ3n) is 3.38. The predicted octanol–water partition coefficient (Wildman–Crippen LogP) is 1.68. The number of ether oxygens (including phenoxy) is 2. The molecule has 2 bridgehead atoms. The van der Waals surface area contributed by atoms with Gasteiger partial charge in [0.15, 0.2) is 0 Å². The highest BCUT2D eigenvalue weighted by molar-refractivity contribution is 4.93. The number of fused-ring (bicyclic) bond motifs is 3. The van der Waals surface area contributed by atoms with Crippen molar-refractivity contribution in [3.8, 4) is 0 Å². The minimum absolute atomic E-state index is 0.201. The van der Waals surface area contributed by atoms with Crippen LogP contribution in [0, 0.1) is 11.3 Å². The predicted molar refractivity (Wildman–Crippen MR) is 54.8 cm³/mol. The summed E-state index contributed by atoms with van der Waals surface area (Å²) in [6.07, 6.45) is 0. The van der Waals surface area contributed by atoms with E-state index < -0.39 is 5.91 Å². The van der Waals surface area contributed by atoms with Crippen molar-refractivity contribution in [2.24, 2.45) is 11.3 Å². The average molecular weight is 199 g/mol. The van der Waals surface area contributed by atoms with Crippen LogP contribution in [0.5, 0.6) is 0 Å². The maximum Gasteiger partial charge on any atom is 0.232 e. The van der Waals surface area contributed by atoms with E-state index in [0.717, 1.165) is 26.3 Å². The van der Waals surface area contributed by atoms with Crippen molar-refractivity contribution in [1.29, 1.82) is 0 Å². The van der Waals surface area contributed by atoms with Gasteiger partial charge in [0.1, 0.15) is 0 Å². The van der Waals surface area contributed by atoms with Crippen LogP contribution in [0.2, 0.25) is 0 Å². The molecule has 0 saturated carbocycles. The molecule has 3 heteroatoms. The molecule has 0 aliphatic carbocycles. The van der Waals surface area contributed by atoms with Crippen LogP contribution in [-0.4, -0.2) is 37.1 Å². The van der Waals surface area contributed by atoms with Gasteiger partial charge in [-0.25, -0.2) is 0 Å². The van der Waals surface area contributed by atoms with E-state index in [1.54, 1.807) is 0 Å². The Bertz CT molecular complexity index is 219. The van der Waals surface area contributed by atoms with Gasteiger partial charge in [0.25, 0.3) is 0 Å². The van der Waals surface area contributed by atoms with Gasteiger partial charge in [0.2, 0.25) is 5.91 Å². The Kier molecular flexibility index (Phi) is 2.37. The van der Waals surface area contributed by atoms with E-state index >= 15 is 0 Å². The van der Waals surface area contributed by atoms with Crippen molar-refractivity contribution >= 4 is 0 Å². The first kappa shape index (κ1) is 10.4. The molecule has 3 aliphatic rings. The summed E-state index contributed by atoms with van der Waals surface area (Å²) in [7, 11) is 0. The fraction of sp³-hybridized carbons (Fsp3) is 1.00. The summed E-state index contributed by atoms with van der Waals surface area (Å²) in [5.41, 5.74) is 0.201. The van der Waals surface area contributed by atoms with E-state index in [2.05, 4.69) is 32.6 Å². The van der Waals surface area contributed by atoms with Gasteiger partial charge >= 0.3 is 0 Å². The smallest absolute Gasteiger partial charge is 0.232 e. The number of hydrogen-bond acceptors (Lipinski definition) is 3. The summed E-state index contributed by atoms with van der Waals surface area (Å²) in [6.45, 7) is 12.5. The second-order valence-electron chi connectivity index (χ2n) is 5.19. The highest BCUT2D eigenvalue weighted by atomic mass is 16.7. The van der Waals surface area contributed by atoms with Crippen LogP contribution in [0.4, 0.5) is 0 Å². The molecule has 3 rings (SSSR count). The van der Waals surface area contributed by atoms with Crippen LogP contribution in [0.1, 0.15) is 27.7 Å². The summed E-state index contributed by atoms with van der Waals surface area (Å²) >= 11 is 0. The molecule has 0 radical (unpaired) electrons. The fourth-order valence-corrected chi connectivity index (χ4v) is 2.51. The molecule has 82 valence electrons. The molecule has 3 aliphatic heterocycles. The normalized spacial score (nSPS) is 43.5. The van der Waals surface area contributed by atoms with Gasteiger partial charge in [-0.05, 0) is 0 Å². The fourth-order valence-electron chi connectivity index (χ4n) is 2.51. The standard InChI is InChI=1S/C11H21NO2/c1-5-12-6-10(4)7-13-11(12,9(2)3)14-8-10/h9H,5-8H2,1-4H3. The van der Waals surface area contributed by atoms with Crippen LogP contribution in [0.3, 0.4) is 0 Å². The Morgan fingerprint density at radius 1 is 1.29 bits per heavy atom. The lowest BCUT2D eigenvalue weighted by Gasteiger charge is -2.58. The largest absolute Gasteiger partial charge is 0.336 e. The monoisotopic (exact) mass is 199 g/mol. The first-order chi connectivity index (χ1) is 6.52. The Labute approximate surface area is 86.4 Å². The van der Waals surface area contributed by atoms with Gasteiger partial charge in [-0.15, -0.1) is 0 Å². The molecule has 0 N–H and O–H groups in total. The molecule has 3 fully saturated rings. The Morgan fingerprint density at radius 3 is 2.29 bits per heavy atom. The van der Waals surface area contributed by atoms with Crippen molar-refractivity contribution < 1.29 is 9.47 Å². The molecular weight excluding hydrogens is 178 g/mol. The van der Waals surface area contributed by atoms with Crippen molar-refractivity contribution in [2.45, 2.75) is 33.6 Å². The Morgan fingerprint density at radius 2 is 1.86 bits per heavy atom. The lowest BCUT2D eigenvalue weighted by Crippen LogP contribution is -2.70. The molecule has 0 aromatic rings. The molecule has 0 unspecified atom stereocenters. The Hall–Kier alpha value is -0.120. The van der Waals surface area contributed by atoms with E-state index in [0.29, 0.717) is 5.92 Å². The van der Waals surface area contributed by atoms with Gasteiger partial charge in [-0.2, -0.15) is 0 Å². The molecule has 0 amide bonds. The maximum absolute atomic E-state index is 5.94. The zero-order chi connectivity index (χ0) is 10.4. The van der Waals surface area contributed by atoms with Gasteiger partial charge in [0, 0.05) is 24.4 Å². The van der Waals surface area contributed by atoms with Crippen molar-refractivity contribution in [2.75, 3.05) is 26.3 Å². The highest BCUT2D eigenvalue weighted by Gasteiger charge is 2.54. The van der Waals surface area contributed by atoms with Crippen LogP contribution in [0.15, 0.2) is 0 Å². The van der Waals surface area contributed by atoms with Crippen molar-refractivity contribution in [3.05, 3.63) is 0 Å². The Balaban J connectivity index is 2.25. The third-order valence-corrected chi connectivity index (χ3v) is 3.38. The lowest BCUT2D eigenvalue weighted by atomic mass is 9.86. The maximum atomic E-state index is 5.94. The van der Waals surface area contributed by atoms with E-state index in [9.17, 15) is 0 Å². The summed E-state index contributed by atoms with van der Waals surface area (Å²) < 4.78 is 11.9. The van der Waals surface area contributed by atoms with Crippen molar-refractivity contribution in [1.82, 2.24) is 4.90 Å². The molecule has 3 nitrogen and oxygen atoms in total. The molecule has 0 spiro atoms. The number of rotatable bonds is 2. The van der Waals surface area contributed by atoms with Crippen LogP contribution in [-0.2, 0) is 9.47 Å². The zero-order valence-electron chi connectivity index (χ0n) is 9.67. The highest BCUT2D eigenvalue weighted by Crippen LogP contribution is 2.43. The van der Waals surface area contributed by atoms with Crippen molar-refractivity contribution in [3.63, 3.8) is 0 Å². The number of nitrogens with zero attached hydrogens (tertiary/aromatic N) is 1. The van der Waals surface area contributed by atoms with Crippen LogP contribution in [0.25, 0.3) is 0 Å². The molecule has 0 atom stereocenters. The summed E-state index contributed by atoms with van der Waals surface area (Å²) in [6, 6.07) is 0. The topological polar surface area (TPSA) is 21.7 Å². The summed E-state index contributed by atoms with van der Waals surface area (Å²) in [4.78, 5) is 2.32. The minimum atomic E-state index is -0.438. The molecule has 0 aromatic carbocycles. The zero-order valence-corrected chi connectivity index (χ0v) is 9.67. The average Bonchev–Trinajstić information content (AvgIpc) is 2.17. The van der Waals surface area contributed by atoms with Crippen LogP contribution < -0.4 is 0 Å². The molecule has 0 aromatic heterocycles. The van der Waals surface area contributed by atoms with Gasteiger partial charge < -0.3 is 9.47 Å².